The van der Waals surface area contributed by atoms with Crippen LogP contribution in [0.25, 0.3) is 11.1 Å². The van der Waals surface area contributed by atoms with Gasteiger partial charge in [0.15, 0.2) is 0 Å². The van der Waals surface area contributed by atoms with Gasteiger partial charge in [0.2, 0.25) is 10.0 Å². The Morgan fingerprint density at radius 2 is 1.94 bits per heavy atom. The van der Waals surface area contributed by atoms with E-state index < -0.39 is 51.9 Å². The van der Waals surface area contributed by atoms with Crippen LogP contribution in [0.3, 0.4) is 0 Å². The second kappa shape index (κ2) is 9.44. The van der Waals surface area contributed by atoms with Crippen LogP contribution in [0.2, 0.25) is 0 Å². The highest BCUT2D eigenvalue weighted by Gasteiger charge is 2.48. The Bertz CT molecular complexity index is 1140. The first-order chi connectivity index (χ1) is 15.7. The summed E-state index contributed by atoms with van der Waals surface area (Å²) in [5.41, 5.74) is 0.666. The fourth-order valence-electron chi connectivity index (χ4n) is 4.26. The molecular formula is C23H25F3N2O4S. The van der Waals surface area contributed by atoms with Gasteiger partial charge in [-0.25, -0.2) is 26.3 Å². The number of halogens is 3. The molecule has 0 aromatic heterocycles. The monoisotopic (exact) mass is 482 g/mol. The van der Waals surface area contributed by atoms with Gasteiger partial charge in [-0.05, 0) is 36.6 Å². The van der Waals surface area contributed by atoms with Crippen LogP contribution in [0.5, 0.6) is 0 Å². The Morgan fingerprint density at radius 1 is 1.21 bits per heavy atom. The summed E-state index contributed by atoms with van der Waals surface area (Å²) in [7, 11) is -3.78. The molecule has 0 saturated carbocycles. The Kier molecular flexibility index (Phi) is 6.78. The highest BCUT2D eigenvalue weighted by atomic mass is 32.2. The number of ether oxygens (including phenoxy) is 1. The zero-order valence-corrected chi connectivity index (χ0v) is 18.8. The maximum absolute atomic E-state index is 15.5. The molecule has 2 saturated heterocycles. The van der Waals surface area contributed by atoms with Gasteiger partial charge in [-0.3, -0.25) is 4.79 Å². The fraction of sp³-hybridized carbons (Fsp3) is 0.435. The number of rotatable bonds is 7. The third kappa shape index (κ3) is 4.92. The van der Waals surface area contributed by atoms with Crippen molar-refractivity contribution in [2.24, 2.45) is 0 Å². The Labute approximate surface area is 190 Å². The average molecular weight is 483 g/mol. The van der Waals surface area contributed by atoms with Gasteiger partial charge in [0.25, 0.3) is 5.91 Å². The van der Waals surface area contributed by atoms with Crippen molar-refractivity contribution < 1.29 is 31.1 Å². The number of nitrogens with one attached hydrogen (secondary N) is 1. The van der Waals surface area contributed by atoms with Gasteiger partial charge < -0.3 is 9.64 Å². The van der Waals surface area contributed by atoms with Gasteiger partial charge in [0, 0.05) is 12.0 Å². The molecule has 10 heteroatoms. The molecule has 0 bridgehead atoms. The number of carbonyl (C=O) groups excluding carboxylic acids is 1. The van der Waals surface area contributed by atoms with Crippen LogP contribution in [0.1, 0.15) is 18.9 Å². The second-order valence-electron chi connectivity index (χ2n) is 8.26. The summed E-state index contributed by atoms with van der Waals surface area (Å²) in [5.74, 6) is -1.84. The molecule has 2 aromatic carbocycles. The number of nitrogens with zero attached hydrogens (tertiary/aromatic N) is 1. The Balaban J connectivity index is 1.68. The fourth-order valence-corrected chi connectivity index (χ4v) is 5.15. The molecule has 2 aliphatic heterocycles. The molecule has 0 radical (unpaired) electrons. The van der Waals surface area contributed by atoms with Crippen molar-refractivity contribution in [1.82, 2.24) is 9.62 Å². The zero-order chi connectivity index (χ0) is 23.8. The number of amides is 1. The summed E-state index contributed by atoms with van der Waals surface area (Å²) in [4.78, 5) is 14.1. The third-order valence-electron chi connectivity index (χ3n) is 6.17. The van der Waals surface area contributed by atoms with Crippen molar-refractivity contribution in [3.05, 3.63) is 59.7 Å². The average Bonchev–Trinajstić information content (AvgIpc) is 3.03. The largest absolute Gasteiger partial charge is 0.368 e. The molecule has 2 fully saturated rings. The summed E-state index contributed by atoms with van der Waals surface area (Å²) in [6, 6.07) is 7.91. The second-order valence-corrected chi connectivity index (χ2v) is 10.3. The third-order valence-corrected chi connectivity index (χ3v) is 7.56. The van der Waals surface area contributed by atoms with Crippen LogP contribution in [0.4, 0.5) is 13.2 Å². The standard InChI is InChI=1S/C23H25F3N2O4S/c1-2-33(30,31)27-22-18(25)13-28(23(29)20-9-10-32-20)19(22)12-15-6-4-8-17(21(15)26)14-5-3-7-16(24)11-14/h3-8,11,18-20,22,27H,2,9-10,12-13H2,1H3/t18-,19-,20?,22-/m0/s1. The van der Waals surface area contributed by atoms with Crippen molar-refractivity contribution >= 4 is 15.9 Å². The summed E-state index contributed by atoms with van der Waals surface area (Å²) in [5, 5.41) is 0. The maximum atomic E-state index is 15.5. The normalized spacial score (nSPS) is 25.2. The molecule has 2 heterocycles. The van der Waals surface area contributed by atoms with Gasteiger partial charge in [0.05, 0.1) is 31.0 Å². The van der Waals surface area contributed by atoms with E-state index in [1.807, 2.05) is 0 Å². The van der Waals surface area contributed by atoms with E-state index in [9.17, 15) is 22.0 Å². The minimum absolute atomic E-state index is 0.120. The van der Waals surface area contributed by atoms with Crippen LogP contribution < -0.4 is 4.72 Å². The summed E-state index contributed by atoms with van der Waals surface area (Å²) < 4.78 is 76.1. The molecule has 6 nitrogen and oxygen atoms in total. The highest BCUT2D eigenvalue weighted by molar-refractivity contribution is 7.89. The molecule has 1 unspecified atom stereocenters. The molecule has 1 amide bonds. The number of alkyl halides is 1. The van der Waals surface area contributed by atoms with Crippen LogP contribution in [0.15, 0.2) is 42.5 Å². The lowest BCUT2D eigenvalue weighted by Gasteiger charge is -2.34. The molecule has 178 valence electrons. The summed E-state index contributed by atoms with van der Waals surface area (Å²) in [6.45, 7) is 1.53. The van der Waals surface area contributed by atoms with E-state index in [2.05, 4.69) is 4.72 Å². The van der Waals surface area contributed by atoms with E-state index in [0.717, 1.165) is 0 Å². The minimum Gasteiger partial charge on any atom is -0.368 e. The first-order valence-electron chi connectivity index (χ1n) is 10.8. The summed E-state index contributed by atoms with van der Waals surface area (Å²) in [6.07, 6.45) is -1.99. The number of hydrogen-bond acceptors (Lipinski definition) is 4. The van der Waals surface area contributed by atoms with Crippen molar-refractivity contribution in [3.63, 3.8) is 0 Å². The zero-order valence-electron chi connectivity index (χ0n) is 18.0. The Hall–Kier alpha value is -2.43. The minimum atomic E-state index is -3.78. The first kappa shape index (κ1) is 23.7. The van der Waals surface area contributed by atoms with Crippen molar-refractivity contribution in [3.8, 4) is 11.1 Å². The number of likely N-dealkylation sites (tertiary alicyclic amines) is 1. The number of benzene rings is 2. The van der Waals surface area contributed by atoms with Crippen LogP contribution in [0, 0.1) is 11.6 Å². The van der Waals surface area contributed by atoms with E-state index in [4.69, 9.17) is 4.74 Å². The Morgan fingerprint density at radius 3 is 2.58 bits per heavy atom. The maximum Gasteiger partial charge on any atom is 0.252 e. The molecule has 2 aromatic rings. The molecular weight excluding hydrogens is 457 g/mol. The van der Waals surface area contributed by atoms with E-state index in [1.165, 1.54) is 42.2 Å². The number of carbonyl (C=O) groups is 1. The lowest BCUT2D eigenvalue weighted by molar-refractivity contribution is -0.157. The summed E-state index contributed by atoms with van der Waals surface area (Å²) >= 11 is 0. The quantitative estimate of drug-likeness (QED) is 0.659. The lowest BCUT2D eigenvalue weighted by atomic mass is 9.95. The SMILES string of the molecule is CCS(=O)(=O)N[C@H]1[C@@H](F)CN(C(=O)C2CCO2)[C@H]1Cc1cccc(-c2cccc(F)c2)c1F. The van der Waals surface area contributed by atoms with Gasteiger partial charge in [-0.15, -0.1) is 0 Å². The number of hydrogen-bond donors (Lipinski definition) is 1. The smallest absolute Gasteiger partial charge is 0.252 e. The van der Waals surface area contributed by atoms with Gasteiger partial charge in [0.1, 0.15) is 23.9 Å². The number of sulfonamides is 1. The van der Waals surface area contributed by atoms with Crippen LogP contribution >= 0.6 is 0 Å². The first-order valence-corrected chi connectivity index (χ1v) is 12.4. The van der Waals surface area contributed by atoms with Crippen molar-refractivity contribution in [2.75, 3.05) is 18.9 Å². The topological polar surface area (TPSA) is 75.7 Å². The van der Waals surface area contributed by atoms with Gasteiger partial charge in [-0.1, -0.05) is 30.3 Å². The van der Waals surface area contributed by atoms with Crippen molar-refractivity contribution in [1.29, 1.82) is 0 Å². The van der Waals surface area contributed by atoms with Crippen molar-refractivity contribution in [2.45, 2.75) is 44.1 Å². The van der Waals surface area contributed by atoms with E-state index in [1.54, 1.807) is 12.1 Å². The molecule has 33 heavy (non-hydrogen) atoms. The van der Waals surface area contributed by atoms with E-state index in [-0.39, 0.29) is 29.8 Å². The molecule has 2 aliphatic rings. The molecule has 1 N–H and O–H groups in total. The predicted molar refractivity (Wildman–Crippen MR) is 117 cm³/mol. The van der Waals surface area contributed by atoms with E-state index >= 15 is 4.39 Å². The lowest BCUT2D eigenvalue weighted by Crippen LogP contribution is -2.53. The van der Waals surface area contributed by atoms with Crippen LogP contribution in [-0.2, 0) is 26.0 Å². The van der Waals surface area contributed by atoms with Crippen LogP contribution in [-0.4, -0.2) is 62.5 Å². The molecule has 0 spiro atoms. The molecule has 4 atom stereocenters. The van der Waals surface area contributed by atoms with E-state index in [0.29, 0.717) is 18.6 Å². The highest BCUT2D eigenvalue weighted by Crippen LogP contribution is 2.31. The van der Waals surface area contributed by atoms with Gasteiger partial charge >= 0.3 is 0 Å². The molecule has 0 aliphatic carbocycles. The predicted octanol–water partition coefficient (Wildman–Crippen LogP) is 2.82. The van der Waals surface area contributed by atoms with Gasteiger partial charge in [-0.2, -0.15) is 0 Å². The molecule has 4 rings (SSSR count).